The molecule has 0 fully saturated rings. The zero-order valence-corrected chi connectivity index (χ0v) is 12.7. The summed E-state index contributed by atoms with van der Waals surface area (Å²) in [5.41, 5.74) is 1.18. The van der Waals surface area contributed by atoms with Crippen molar-refractivity contribution in [3.63, 3.8) is 0 Å². The molecule has 20 heavy (non-hydrogen) atoms. The first-order chi connectivity index (χ1) is 9.61. The van der Waals surface area contributed by atoms with E-state index in [-0.39, 0.29) is 12.1 Å². The smallest absolute Gasteiger partial charge is 0.320 e. The van der Waals surface area contributed by atoms with Gasteiger partial charge in [-0.15, -0.1) is 0 Å². The predicted molar refractivity (Wildman–Crippen MR) is 79.4 cm³/mol. The summed E-state index contributed by atoms with van der Waals surface area (Å²) in [6.07, 6.45) is 0.205. The Morgan fingerprint density at radius 1 is 1.25 bits per heavy atom. The number of nitrogens with zero attached hydrogens (tertiary/aromatic N) is 1. The second-order valence-corrected chi connectivity index (χ2v) is 4.92. The van der Waals surface area contributed by atoms with Gasteiger partial charge in [0, 0.05) is 13.1 Å². The highest BCUT2D eigenvalue weighted by Crippen LogP contribution is 2.05. The number of carbonyl (C=O) groups excluding carboxylic acids is 1. The maximum atomic E-state index is 11.6. The lowest BCUT2D eigenvalue weighted by Gasteiger charge is -2.22. The average molecular weight is 279 g/mol. The van der Waals surface area contributed by atoms with E-state index >= 15 is 0 Å². The lowest BCUT2D eigenvalue weighted by atomic mass is 10.2. The largest absolute Gasteiger partial charge is 0.465 e. The summed E-state index contributed by atoms with van der Waals surface area (Å²) in [7, 11) is 0. The lowest BCUT2D eigenvalue weighted by Crippen LogP contribution is -2.33. The van der Waals surface area contributed by atoms with Crippen LogP contribution in [0.25, 0.3) is 0 Å². The van der Waals surface area contributed by atoms with Gasteiger partial charge < -0.3 is 9.47 Å². The molecule has 0 heterocycles. The molecule has 0 aliphatic carbocycles. The van der Waals surface area contributed by atoms with Crippen LogP contribution in [0.3, 0.4) is 0 Å². The van der Waals surface area contributed by atoms with Crippen molar-refractivity contribution in [1.82, 2.24) is 4.90 Å². The summed E-state index contributed by atoms with van der Waals surface area (Å²) in [6.45, 7) is 8.60. The van der Waals surface area contributed by atoms with E-state index in [0.29, 0.717) is 26.3 Å². The van der Waals surface area contributed by atoms with E-state index in [0.717, 1.165) is 6.54 Å². The van der Waals surface area contributed by atoms with Gasteiger partial charge in [0.25, 0.3) is 0 Å². The highest BCUT2D eigenvalue weighted by atomic mass is 16.5. The van der Waals surface area contributed by atoms with Crippen LogP contribution in [0.15, 0.2) is 30.3 Å². The van der Waals surface area contributed by atoms with Crippen LogP contribution in [0.2, 0.25) is 0 Å². The van der Waals surface area contributed by atoms with E-state index in [1.165, 1.54) is 5.56 Å². The number of carbonyl (C=O) groups is 1. The third kappa shape index (κ3) is 7.26. The summed E-state index contributed by atoms with van der Waals surface area (Å²) in [5, 5.41) is 0. The Balaban J connectivity index is 2.51. The van der Waals surface area contributed by atoms with Crippen molar-refractivity contribution in [2.75, 3.05) is 26.3 Å². The van der Waals surface area contributed by atoms with Crippen molar-refractivity contribution in [2.45, 2.75) is 33.4 Å². The molecule has 0 atom stereocenters. The summed E-state index contributed by atoms with van der Waals surface area (Å²) in [6, 6.07) is 10.1. The Morgan fingerprint density at radius 2 is 1.95 bits per heavy atom. The predicted octanol–water partition coefficient (Wildman–Crippen LogP) is 2.48. The number of ether oxygens (including phenoxy) is 2. The quantitative estimate of drug-likeness (QED) is 0.651. The molecular weight excluding hydrogens is 254 g/mol. The Bertz CT molecular complexity index is 379. The molecule has 0 saturated heterocycles. The normalized spacial score (nSPS) is 11.1. The van der Waals surface area contributed by atoms with Crippen LogP contribution < -0.4 is 0 Å². The molecule has 0 radical (unpaired) electrons. The minimum atomic E-state index is -0.187. The highest BCUT2D eigenvalue weighted by Gasteiger charge is 2.12. The van der Waals surface area contributed by atoms with Gasteiger partial charge in [-0.1, -0.05) is 30.3 Å². The van der Waals surface area contributed by atoms with Gasteiger partial charge in [-0.05, 0) is 26.3 Å². The van der Waals surface area contributed by atoms with Crippen LogP contribution in [0.5, 0.6) is 0 Å². The molecular formula is C16H25NO3. The third-order valence-electron chi connectivity index (χ3n) is 2.77. The van der Waals surface area contributed by atoms with Gasteiger partial charge in [0.05, 0.1) is 25.9 Å². The minimum Gasteiger partial charge on any atom is -0.465 e. The average Bonchev–Trinajstić information content (AvgIpc) is 2.39. The Hall–Kier alpha value is -1.39. The number of hydrogen-bond donors (Lipinski definition) is 0. The van der Waals surface area contributed by atoms with Gasteiger partial charge in [-0.3, -0.25) is 9.69 Å². The van der Waals surface area contributed by atoms with E-state index in [9.17, 15) is 4.79 Å². The molecule has 1 rings (SSSR count). The summed E-state index contributed by atoms with van der Waals surface area (Å²) < 4.78 is 10.6. The number of esters is 1. The first kappa shape index (κ1) is 16.7. The molecule has 0 amide bonds. The van der Waals surface area contributed by atoms with E-state index in [1.807, 2.05) is 39.0 Å². The molecule has 4 heteroatoms. The lowest BCUT2D eigenvalue weighted by molar-refractivity contribution is -0.144. The number of benzene rings is 1. The van der Waals surface area contributed by atoms with Crippen LogP contribution in [0.4, 0.5) is 0 Å². The van der Waals surface area contributed by atoms with E-state index in [2.05, 4.69) is 17.0 Å². The SMILES string of the molecule is CCOC(=O)CN(CCOC(C)C)Cc1ccccc1. The fourth-order valence-electron chi connectivity index (χ4n) is 1.86. The molecule has 4 nitrogen and oxygen atoms in total. The molecule has 1 aromatic carbocycles. The van der Waals surface area contributed by atoms with Gasteiger partial charge >= 0.3 is 5.97 Å². The van der Waals surface area contributed by atoms with Gasteiger partial charge in [-0.2, -0.15) is 0 Å². The Morgan fingerprint density at radius 3 is 2.55 bits per heavy atom. The van der Waals surface area contributed by atoms with Crippen molar-refractivity contribution in [1.29, 1.82) is 0 Å². The maximum Gasteiger partial charge on any atom is 0.320 e. The summed E-state index contributed by atoms with van der Waals surface area (Å²) in [4.78, 5) is 13.7. The topological polar surface area (TPSA) is 38.8 Å². The second kappa shape index (κ2) is 9.50. The third-order valence-corrected chi connectivity index (χ3v) is 2.77. The Labute approximate surface area is 121 Å². The van der Waals surface area contributed by atoms with E-state index in [4.69, 9.17) is 9.47 Å². The van der Waals surface area contributed by atoms with Crippen molar-refractivity contribution >= 4 is 5.97 Å². The molecule has 0 aromatic heterocycles. The molecule has 1 aromatic rings. The van der Waals surface area contributed by atoms with Crippen LogP contribution >= 0.6 is 0 Å². The molecule has 0 spiro atoms. The van der Waals surface area contributed by atoms with Crippen molar-refractivity contribution in [3.8, 4) is 0 Å². The number of rotatable bonds is 9. The van der Waals surface area contributed by atoms with Gasteiger partial charge in [0.15, 0.2) is 0 Å². The molecule has 0 aliphatic heterocycles. The van der Waals surface area contributed by atoms with E-state index < -0.39 is 0 Å². The fourth-order valence-corrected chi connectivity index (χ4v) is 1.86. The van der Waals surface area contributed by atoms with Crippen molar-refractivity contribution in [3.05, 3.63) is 35.9 Å². The standard InChI is InChI=1S/C16H25NO3/c1-4-19-16(18)13-17(10-11-20-14(2)3)12-15-8-6-5-7-9-15/h5-9,14H,4,10-13H2,1-3H3. The van der Waals surface area contributed by atoms with E-state index in [1.54, 1.807) is 0 Å². The Kier molecular flexibility index (Phi) is 7.92. The summed E-state index contributed by atoms with van der Waals surface area (Å²) >= 11 is 0. The second-order valence-electron chi connectivity index (χ2n) is 4.92. The van der Waals surface area contributed by atoms with Crippen LogP contribution in [0, 0.1) is 0 Å². The molecule has 0 bridgehead atoms. The van der Waals surface area contributed by atoms with Gasteiger partial charge in [-0.25, -0.2) is 0 Å². The first-order valence-electron chi connectivity index (χ1n) is 7.15. The van der Waals surface area contributed by atoms with Crippen LogP contribution in [-0.2, 0) is 20.8 Å². The minimum absolute atomic E-state index is 0.187. The van der Waals surface area contributed by atoms with Gasteiger partial charge in [0.1, 0.15) is 0 Å². The zero-order valence-electron chi connectivity index (χ0n) is 12.7. The molecule has 0 unspecified atom stereocenters. The first-order valence-corrected chi connectivity index (χ1v) is 7.15. The van der Waals surface area contributed by atoms with Crippen LogP contribution in [-0.4, -0.2) is 43.3 Å². The molecule has 0 saturated carbocycles. The monoisotopic (exact) mass is 279 g/mol. The van der Waals surface area contributed by atoms with Crippen LogP contribution in [0.1, 0.15) is 26.3 Å². The number of hydrogen-bond acceptors (Lipinski definition) is 4. The molecule has 0 N–H and O–H groups in total. The van der Waals surface area contributed by atoms with Crippen molar-refractivity contribution in [2.24, 2.45) is 0 Å². The van der Waals surface area contributed by atoms with Gasteiger partial charge in [0.2, 0.25) is 0 Å². The fraction of sp³-hybridized carbons (Fsp3) is 0.562. The maximum absolute atomic E-state index is 11.6. The summed E-state index contributed by atoms with van der Waals surface area (Å²) in [5.74, 6) is -0.187. The zero-order chi connectivity index (χ0) is 14.8. The molecule has 112 valence electrons. The van der Waals surface area contributed by atoms with Crippen molar-refractivity contribution < 1.29 is 14.3 Å². The molecule has 0 aliphatic rings. The highest BCUT2D eigenvalue weighted by molar-refractivity contribution is 5.71.